The number of nitrogens with zero attached hydrogens (tertiary/aromatic N) is 1. The largest absolute Gasteiger partial charge is 0.352 e. The predicted octanol–water partition coefficient (Wildman–Crippen LogP) is 2.36. The quantitative estimate of drug-likeness (QED) is 0.685. The molecule has 2 rings (SSSR count). The van der Waals surface area contributed by atoms with Crippen LogP contribution in [0.4, 0.5) is 10.5 Å². The number of carbonyl (C=O) groups excluding carboxylic acids is 3. The summed E-state index contributed by atoms with van der Waals surface area (Å²) in [7, 11) is 3.42. The highest BCUT2D eigenvalue weighted by Crippen LogP contribution is 2.19. The fourth-order valence-corrected chi connectivity index (χ4v) is 2.75. The van der Waals surface area contributed by atoms with Crippen LogP contribution in [0.15, 0.2) is 48.5 Å². The van der Waals surface area contributed by atoms with Crippen LogP contribution in [0.3, 0.4) is 0 Å². The first kappa shape index (κ1) is 21.0. The van der Waals surface area contributed by atoms with Crippen molar-refractivity contribution < 1.29 is 14.4 Å². The molecule has 1 unspecified atom stereocenters. The zero-order valence-electron chi connectivity index (χ0n) is 16.4. The molecule has 28 heavy (non-hydrogen) atoms. The minimum absolute atomic E-state index is 0.00954. The van der Waals surface area contributed by atoms with Crippen LogP contribution in [0.2, 0.25) is 0 Å². The minimum Gasteiger partial charge on any atom is -0.352 e. The van der Waals surface area contributed by atoms with Gasteiger partial charge in [-0.1, -0.05) is 42.0 Å². The molecule has 2 aromatic rings. The van der Waals surface area contributed by atoms with E-state index in [0.717, 1.165) is 16.7 Å². The molecule has 0 radical (unpaired) electrons. The van der Waals surface area contributed by atoms with E-state index in [-0.39, 0.29) is 18.2 Å². The molecule has 0 spiro atoms. The van der Waals surface area contributed by atoms with E-state index in [1.165, 1.54) is 4.90 Å². The number of benzene rings is 2. The van der Waals surface area contributed by atoms with Crippen LogP contribution in [-0.2, 0) is 16.0 Å². The third-order valence-corrected chi connectivity index (χ3v) is 4.24. The highest BCUT2D eigenvalue weighted by molar-refractivity contribution is 5.91. The molecule has 0 aliphatic heterocycles. The Kier molecular flexibility index (Phi) is 7.14. The molecule has 0 bridgehead atoms. The third kappa shape index (κ3) is 6.42. The van der Waals surface area contributed by atoms with Gasteiger partial charge in [-0.05, 0) is 30.2 Å². The maximum atomic E-state index is 12.5. The maximum Gasteiger partial charge on any atom is 0.312 e. The highest BCUT2D eigenvalue weighted by Gasteiger charge is 2.18. The number of amides is 4. The number of urea groups is 1. The lowest BCUT2D eigenvalue weighted by atomic mass is 10.0. The number of hydrogen-bond donors (Lipinski definition) is 3. The van der Waals surface area contributed by atoms with Crippen LogP contribution >= 0.6 is 0 Å². The SMILES string of the molecule is Cc1cccc(C(CC(=O)Nc2ccc(CC(=O)N(C)C)cc2)NC(N)=O)c1. The number of primary amides is 1. The van der Waals surface area contributed by atoms with E-state index in [1.54, 1.807) is 38.4 Å². The number of carbonyl (C=O) groups is 3. The average molecular weight is 382 g/mol. The predicted molar refractivity (Wildman–Crippen MR) is 109 cm³/mol. The molecule has 1 atom stereocenters. The van der Waals surface area contributed by atoms with Crippen molar-refractivity contribution in [3.8, 4) is 0 Å². The van der Waals surface area contributed by atoms with Crippen molar-refractivity contribution in [2.75, 3.05) is 19.4 Å². The first-order valence-electron chi connectivity index (χ1n) is 8.96. The number of anilines is 1. The summed E-state index contributed by atoms with van der Waals surface area (Å²) in [6.45, 7) is 1.94. The number of rotatable bonds is 7. The molecule has 7 heteroatoms. The number of likely N-dealkylation sites (N-methyl/N-ethyl adjacent to an activating group) is 1. The van der Waals surface area contributed by atoms with Gasteiger partial charge in [0.05, 0.1) is 18.9 Å². The highest BCUT2D eigenvalue weighted by atomic mass is 16.2. The molecule has 4 N–H and O–H groups in total. The molecule has 2 aromatic carbocycles. The third-order valence-electron chi connectivity index (χ3n) is 4.24. The molecule has 148 valence electrons. The Morgan fingerprint density at radius 3 is 2.32 bits per heavy atom. The summed E-state index contributed by atoms with van der Waals surface area (Å²) in [4.78, 5) is 37.1. The monoisotopic (exact) mass is 382 g/mol. The second-order valence-electron chi connectivity index (χ2n) is 6.89. The Bertz CT molecular complexity index is 847. The lowest BCUT2D eigenvalue weighted by Gasteiger charge is -2.18. The van der Waals surface area contributed by atoms with E-state index in [2.05, 4.69) is 10.6 Å². The summed E-state index contributed by atoms with van der Waals surface area (Å²) in [5, 5.41) is 5.42. The Labute approximate surface area is 164 Å². The zero-order chi connectivity index (χ0) is 20.7. The molecule has 0 aliphatic rings. The van der Waals surface area contributed by atoms with E-state index < -0.39 is 12.1 Å². The first-order valence-corrected chi connectivity index (χ1v) is 8.96. The van der Waals surface area contributed by atoms with E-state index in [4.69, 9.17) is 5.73 Å². The van der Waals surface area contributed by atoms with Crippen LogP contribution in [-0.4, -0.2) is 36.8 Å². The van der Waals surface area contributed by atoms with Gasteiger partial charge in [0, 0.05) is 19.8 Å². The Morgan fingerprint density at radius 2 is 1.75 bits per heavy atom. The maximum absolute atomic E-state index is 12.5. The van der Waals surface area contributed by atoms with Gasteiger partial charge in [0.2, 0.25) is 11.8 Å². The lowest BCUT2D eigenvalue weighted by Crippen LogP contribution is -2.35. The summed E-state index contributed by atoms with van der Waals surface area (Å²) in [5.74, 6) is -0.243. The molecular formula is C21H26N4O3. The molecule has 0 aromatic heterocycles. The summed E-state index contributed by atoms with van der Waals surface area (Å²) in [5.41, 5.74) is 8.58. The minimum atomic E-state index is -0.686. The second kappa shape index (κ2) is 9.55. The van der Waals surface area contributed by atoms with Gasteiger partial charge in [-0.25, -0.2) is 4.79 Å². The van der Waals surface area contributed by atoms with Gasteiger partial charge in [-0.15, -0.1) is 0 Å². The van der Waals surface area contributed by atoms with Crippen molar-refractivity contribution in [3.63, 3.8) is 0 Å². The van der Waals surface area contributed by atoms with Crippen molar-refractivity contribution >= 4 is 23.5 Å². The number of nitrogens with two attached hydrogens (primary N) is 1. The fraction of sp³-hybridized carbons (Fsp3) is 0.286. The van der Waals surface area contributed by atoms with E-state index in [9.17, 15) is 14.4 Å². The Hall–Kier alpha value is -3.35. The average Bonchev–Trinajstić information content (AvgIpc) is 2.62. The van der Waals surface area contributed by atoms with Gasteiger partial charge in [0.25, 0.3) is 0 Å². The molecular weight excluding hydrogens is 356 g/mol. The Balaban J connectivity index is 2.02. The van der Waals surface area contributed by atoms with Gasteiger partial charge >= 0.3 is 6.03 Å². The van der Waals surface area contributed by atoms with Crippen LogP contribution in [0.5, 0.6) is 0 Å². The van der Waals surface area contributed by atoms with Crippen LogP contribution in [0, 0.1) is 6.92 Å². The number of hydrogen-bond acceptors (Lipinski definition) is 3. The van der Waals surface area contributed by atoms with Gasteiger partial charge in [0.1, 0.15) is 0 Å². The zero-order valence-corrected chi connectivity index (χ0v) is 16.4. The van der Waals surface area contributed by atoms with Gasteiger partial charge < -0.3 is 21.3 Å². The van der Waals surface area contributed by atoms with Crippen molar-refractivity contribution in [2.45, 2.75) is 25.8 Å². The molecule has 0 saturated heterocycles. The molecule has 0 aliphatic carbocycles. The van der Waals surface area contributed by atoms with Gasteiger partial charge in [-0.3, -0.25) is 9.59 Å². The number of nitrogens with one attached hydrogen (secondary N) is 2. The first-order chi connectivity index (χ1) is 13.2. The molecule has 0 heterocycles. The summed E-state index contributed by atoms with van der Waals surface area (Å²) in [6, 6.07) is 13.5. The normalized spacial score (nSPS) is 11.4. The van der Waals surface area contributed by atoms with E-state index in [1.807, 2.05) is 31.2 Å². The van der Waals surface area contributed by atoms with Crippen LogP contribution in [0.25, 0.3) is 0 Å². The molecule has 0 saturated carbocycles. The van der Waals surface area contributed by atoms with Gasteiger partial charge in [0.15, 0.2) is 0 Å². The van der Waals surface area contributed by atoms with Crippen molar-refractivity contribution in [3.05, 3.63) is 65.2 Å². The van der Waals surface area contributed by atoms with Crippen molar-refractivity contribution in [2.24, 2.45) is 5.73 Å². The van der Waals surface area contributed by atoms with E-state index in [0.29, 0.717) is 12.1 Å². The smallest absolute Gasteiger partial charge is 0.312 e. The van der Waals surface area contributed by atoms with Crippen LogP contribution in [0.1, 0.15) is 29.2 Å². The fourth-order valence-electron chi connectivity index (χ4n) is 2.75. The number of aryl methyl sites for hydroxylation is 1. The second-order valence-corrected chi connectivity index (χ2v) is 6.89. The standard InChI is InChI=1S/C21H26N4O3/c1-14-5-4-6-16(11-14)18(24-21(22)28)13-19(26)23-17-9-7-15(8-10-17)12-20(27)25(2)3/h4-11,18H,12-13H2,1-3H3,(H,23,26)(H3,22,24,28). The van der Waals surface area contributed by atoms with E-state index >= 15 is 0 Å². The lowest BCUT2D eigenvalue weighted by molar-refractivity contribution is -0.128. The van der Waals surface area contributed by atoms with Crippen molar-refractivity contribution in [1.82, 2.24) is 10.2 Å². The molecule has 0 fully saturated rings. The summed E-state index contributed by atoms with van der Waals surface area (Å²) >= 11 is 0. The van der Waals surface area contributed by atoms with Gasteiger partial charge in [-0.2, -0.15) is 0 Å². The van der Waals surface area contributed by atoms with Crippen LogP contribution < -0.4 is 16.4 Å². The summed E-state index contributed by atoms with van der Waals surface area (Å²) in [6.07, 6.45) is 0.354. The topological polar surface area (TPSA) is 105 Å². The molecule has 4 amide bonds. The van der Waals surface area contributed by atoms with Crippen molar-refractivity contribution in [1.29, 1.82) is 0 Å². The molecule has 7 nitrogen and oxygen atoms in total. The summed E-state index contributed by atoms with van der Waals surface area (Å²) < 4.78 is 0. The Morgan fingerprint density at radius 1 is 1.07 bits per heavy atom.